The number of fused-ring (bicyclic) bond motifs is 2. The summed E-state index contributed by atoms with van der Waals surface area (Å²) in [4.78, 5) is 33.7. The van der Waals surface area contributed by atoms with Crippen molar-refractivity contribution >= 4 is 38.8 Å². The summed E-state index contributed by atoms with van der Waals surface area (Å²) in [5.74, 6) is 0.592. The number of rotatable bonds is 2. The van der Waals surface area contributed by atoms with Crippen LogP contribution in [-0.4, -0.2) is 21.9 Å². The molecule has 0 aliphatic carbocycles. The molecule has 0 saturated heterocycles. The highest BCUT2D eigenvalue weighted by molar-refractivity contribution is 7.17. The lowest BCUT2D eigenvalue weighted by atomic mass is 10.1. The molecule has 6 nitrogen and oxygen atoms in total. The van der Waals surface area contributed by atoms with Crippen molar-refractivity contribution in [2.24, 2.45) is 0 Å². The van der Waals surface area contributed by atoms with Crippen LogP contribution in [0, 0.1) is 0 Å². The van der Waals surface area contributed by atoms with Crippen molar-refractivity contribution in [1.82, 2.24) is 9.97 Å². The molecule has 2 N–H and O–H groups in total. The normalized spacial score (nSPS) is 17.5. The Morgan fingerprint density at radius 1 is 1.29 bits per heavy atom. The van der Waals surface area contributed by atoms with Gasteiger partial charge in [-0.1, -0.05) is 12.1 Å². The minimum atomic E-state index is -0.116. The van der Waals surface area contributed by atoms with Gasteiger partial charge in [0.05, 0.1) is 23.4 Å². The number of carbonyl (C=O) groups is 1. The fourth-order valence-electron chi connectivity index (χ4n) is 3.05. The summed E-state index contributed by atoms with van der Waals surface area (Å²) in [5, 5.41) is 4.80. The summed E-state index contributed by atoms with van der Waals surface area (Å²) in [5.41, 5.74) is 2.31. The largest absolute Gasteiger partial charge is 0.359 e. The molecule has 2 aromatic heterocycles. The molecule has 0 bridgehead atoms. The predicted octanol–water partition coefficient (Wildman–Crippen LogP) is 2.72. The van der Waals surface area contributed by atoms with E-state index in [1.807, 2.05) is 42.6 Å². The third kappa shape index (κ3) is 2.56. The fraction of sp³-hybridized carbons (Fsp3) is 0.235. The minimum Gasteiger partial charge on any atom is -0.359 e. The van der Waals surface area contributed by atoms with Gasteiger partial charge in [-0.05, 0) is 30.5 Å². The number of carbonyl (C=O) groups excluding carboxylic acids is 1. The molecule has 0 radical (unpaired) electrons. The van der Waals surface area contributed by atoms with E-state index < -0.39 is 0 Å². The van der Waals surface area contributed by atoms with E-state index in [-0.39, 0.29) is 17.5 Å². The zero-order valence-corrected chi connectivity index (χ0v) is 13.9. The van der Waals surface area contributed by atoms with Crippen LogP contribution < -0.4 is 15.8 Å². The molecule has 0 saturated carbocycles. The van der Waals surface area contributed by atoms with Crippen molar-refractivity contribution in [2.45, 2.75) is 25.9 Å². The summed E-state index contributed by atoms with van der Waals surface area (Å²) >= 11 is 1.39. The Balaban J connectivity index is 1.76. The van der Waals surface area contributed by atoms with Crippen LogP contribution in [0.3, 0.4) is 0 Å². The highest BCUT2D eigenvalue weighted by Crippen LogP contribution is 2.32. The standard InChI is InChI=1S/C17H16N4O2S/c1-10-8-15(22)19-11-4-2-3-5-13(11)21(10)9-14-18-12-6-7-24-16(12)17(23)20-14/h2-7,10H,8-9H2,1H3,(H,19,22)(H,18,20,23)/t10-/m1/s1. The second-order valence-electron chi connectivity index (χ2n) is 5.89. The van der Waals surface area contributed by atoms with Crippen molar-refractivity contribution in [1.29, 1.82) is 0 Å². The van der Waals surface area contributed by atoms with E-state index in [9.17, 15) is 9.59 Å². The number of amides is 1. The second kappa shape index (κ2) is 5.76. The molecular formula is C17H16N4O2S. The Kier molecular flexibility index (Phi) is 3.57. The number of hydrogen-bond acceptors (Lipinski definition) is 5. The van der Waals surface area contributed by atoms with E-state index in [0.717, 1.165) is 11.4 Å². The number of hydrogen-bond donors (Lipinski definition) is 2. The molecule has 3 heterocycles. The first-order valence-electron chi connectivity index (χ1n) is 7.74. The van der Waals surface area contributed by atoms with Gasteiger partial charge >= 0.3 is 0 Å². The van der Waals surface area contributed by atoms with Crippen molar-refractivity contribution in [3.8, 4) is 0 Å². The van der Waals surface area contributed by atoms with Crippen LogP contribution in [0.2, 0.25) is 0 Å². The number of thiophene rings is 1. The first kappa shape index (κ1) is 14.9. The lowest BCUT2D eigenvalue weighted by molar-refractivity contribution is -0.116. The molecule has 1 amide bonds. The summed E-state index contributed by atoms with van der Waals surface area (Å²) in [7, 11) is 0. The van der Waals surface area contributed by atoms with E-state index in [0.29, 0.717) is 29.0 Å². The molecule has 3 aromatic rings. The summed E-state index contributed by atoms with van der Waals surface area (Å²) in [6.45, 7) is 2.44. The van der Waals surface area contributed by atoms with Gasteiger partial charge < -0.3 is 15.2 Å². The van der Waals surface area contributed by atoms with Crippen LogP contribution in [0.5, 0.6) is 0 Å². The lowest BCUT2D eigenvalue weighted by Crippen LogP contribution is -2.34. The summed E-state index contributed by atoms with van der Waals surface area (Å²) < 4.78 is 0.639. The Labute approximate surface area is 142 Å². The van der Waals surface area contributed by atoms with Gasteiger partial charge in [-0.3, -0.25) is 9.59 Å². The number of nitrogens with zero attached hydrogens (tertiary/aromatic N) is 2. The number of anilines is 2. The number of benzene rings is 1. The van der Waals surface area contributed by atoms with Crippen molar-refractivity contribution in [3.05, 3.63) is 51.9 Å². The number of H-pyrrole nitrogens is 1. The van der Waals surface area contributed by atoms with Crippen LogP contribution >= 0.6 is 11.3 Å². The van der Waals surface area contributed by atoms with Crippen molar-refractivity contribution < 1.29 is 4.79 Å². The van der Waals surface area contributed by atoms with Gasteiger partial charge in [0.1, 0.15) is 10.5 Å². The molecule has 0 spiro atoms. The lowest BCUT2D eigenvalue weighted by Gasteiger charge is -2.29. The van der Waals surface area contributed by atoms with E-state index >= 15 is 0 Å². The Morgan fingerprint density at radius 2 is 2.12 bits per heavy atom. The van der Waals surface area contributed by atoms with Gasteiger partial charge in [-0.25, -0.2) is 4.98 Å². The molecular weight excluding hydrogens is 324 g/mol. The molecule has 122 valence electrons. The van der Waals surface area contributed by atoms with E-state index in [2.05, 4.69) is 20.2 Å². The molecule has 7 heteroatoms. The van der Waals surface area contributed by atoms with Gasteiger partial charge in [0.25, 0.3) is 5.56 Å². The SMILES string of the molecule is C[C@@H]1CC(=O)Nc2ccccc2N1Cc1nc2ccsc2c(=O)[nH]1. The van der Waals surface area contributed by atoms with E-state index in [4.69, 9.17) is 0 Å². The van der Waals surface area contributed by atoms with Crippen LogP contribution in [0.4, 0.5) is 11.4 Å². The smallest absolute Gasteiger partial charge is 0.268 e. The van der Waals surface area contributed by atoms with Gasteiger partial charge in [-0.15, -0.1) is 11.3 Å². The third-order valence-corrected chi connectivity index (χ3v) is 5.09. The quantitative estimate of drug-likeness (QED) is 0.752. The molecule has 1 aromatic carbocycles. The second-order valence-corrected chi connectivity index (χ2v) is 6.81. The van der Waals surface area contributed by atoms with Gasteiger partial charge in [0.2, 0.25) is 5.91 Å². The molecule has 24 heavy (non-hydrogen) atoms. The van der Waals surface area contributed by atoms with Crippen molar-refractivity contribution in [2.75, 3.05) is 10.2 Å². The zero-order chi connectivity index (χ0) is 16.7. The van der Waals surface area contributed by atoms with Gasteiger partial charge in [-0.2, -0.15) is 0 Å². The average molecular weight is 340 g/mol. The minimum absolute atomic E-state index is 0.00266. The number of aromatic nitrogens is 2. The van der Waals surface area contributed by atoms with Crippen LogP contribution in [-0.2, 0) is 11.3 Å². The molecule has 0 fully saturated rings. The predicted molar refractivity (Wildman–Crippen MR) is 95.6 cm³/mol. The molecule has 1 atom stereocenters. The Morgan fingerprint density at radius 3 is 3.00 bits per heavy atom. The maximum atomic E-state index is 12.2. The number of nitrogens with one attached hydrogen (secondary N) is 2. The van der Waals surface area contributed by atoms with Gasteiger partial charge in [0, 0.05) is 12.5 Å². The van der Waals surface area contributed by atoms with Crippen molar-refractivity contribution in [3.63, 3.8) is 0 Å². The van der Waals surface area contributed by atoms with Gasteiger partial charge in [0.15, 0.2) is 0 Å². The molecule has 0 unspecified atom stereocenters. The number of para-hydroxylation sites is 2. The summed E-state index contributed by atoms with van der Waals surface area (Å²) in [6.07, 6.45) is 0.388. The van der Waals surface area contributed by atoms with E-state index in [1.54, 1.807) is 0 Å². The van der Waals surface area contributed by atoms with Crippen LogP contribution in [0.15, 0.2) is 40.5 Å². The topological polar surface area (TPSA) is 78.1 Å². The summed E-state index contributed by atoms with van der Waals surface area (Å²) in [6, 6.07) is 9.54. The first-order chi connectivity index (χ1) is 11.6. The molecule has 4 rings (SSSR count). The van der Waals surface area contributed by atoms with Crippen LogP contribution in [0.25, 0.3) is 10.2 Å². The highest BCUT2D eigenvalue weighted by Gasteiger charge is 2.25. The van der Waals surface area contributed by atoms with E-state index in [1.165, 1.54) is 11.3 Å². The maximum absolute atomic E-state index is 12.2. The van der Waals surface area contributed by atoms with Crippen LogP contribution in [0.1, 0.15) is 19.2 Å². The maximum Gasteiger partial charge on any atom is 0.268 e. The zero-order valence-electron chi connectivity index (χ0n) is 13.1. The Hall–Kier alpha value is -2.67. The number of aromatic amines is 1. The first-order valence-corrected chi connectivity index (χ1v) is 8.62. The monoisotopic (exact) mass is 340 g/mol. The average Bonchev–Trinajstić information content (AvgIpc) is 2.98. The Bertz CT molecular complexity index is 978. The fourth-order valence-corrected chi connectivity index (χ4v) is 3.77. The molecule has 1 aliphatic heterocycles. The molecule has 1 aliphatic rings. The highest BCUT2D eigenvalue weighted by atomic mass is 32.1. The third-order valence-electron chi connectivity index (χ3n) is 4.18.